The third kappa shape index (κ3) is 3.59. The monoisotopic (exact) mass is 355 g/mol. The minimum atomic E-state index is -0.253. The van der Waals surface area contributed by atoms with Crippen LogP contribution in [-0.2, 0) is 20.9 Å². The largest absolute Gasteiger partial charge is 0.339 e. The zero-order valence-corrected chi connectivity index (χ0v) is 15.0. The van der Waals surface area contributed by atoms with Gasteiger partial charge in [0.1, 0.15) is 0 Å². The molecule has 1 saturated carbocycles. The first-order chi connectivity index (χ1) is 12.6. The summed E-state index contributed by atoms with van der Waals surface area (Å²) in [6.45, 7) is 3.47. The molecule has 6 nitrogen and oxygen atoms in total. The van der Waals surface area contributed by atoms with E-state index in [1.807, 2.05) is 40.1 Å². The molecular weight excluding hydrogens is 330 g/mol. The summed E-state index contributed by atoms with van der Waals surface area (Å²) in [6, 6.07) is 9.87. The van der Waals surface area contributed by atoms with E-state index in [1.54, 1.807) is 4.90 Å². The standard InChI is InChI=1S/C20H25N3O3/c24-18-12-17(14-23(18)13-15-4-2-1-3-5-15)20(26)22-10-8-21(9-11-22)19(25)16-6-7-16/h1-5,16-17H,6-14H2. The Kier molecular flexibility index (Phi) is 4.66. The number of benzene rings is 1. The highest BCUT2D eigenvalue weighted by Crippen LogP contribution is 2.31. The van der Waals surface area contributed by atoms with Crippen LogP contribution in [0.4, 0.5) is 0 Å². The fraction of sp³-hybridized carbons (Fsp3) is 0.550. The van der Waals surface area contributed by atoms with Gasteiger partial charge < -0.3 is 14.7 Å². The molecule has 3 aliphatic rings. The molecular formula is C20H25N3O3. The zero-order valence-electron chi connectivity index (χ0n) is 15.0. The predicted molar refractivity (Wildman–Crippen MR) is 95.9 cm³/mol. The van der Waals surface area contributed by atoms with Crippen molar-refractivity contribution in [3.63, 3.8) is 0 Å². The van der Waals surface area contributed by atoms with Crippen molar-refractivity contribution in [1.29, 1.82) is 0 Å². The summed E-state index contributed by atoms with van der Waals surface area (Å²) in [5, 5.41) is 0. The van der Waals surface area contributed by atoms with Crippen LogP contribution >= 0.6 is 0 Å². The highest BCUT2D eigenvalue weighted by molar-refractivity contribution is 5.89. The van der Waals surface area contributed by atoms with Crippen molar-refractivity contribution in [3.05, 3.63) is 35.9 Å². The van der Waals surface area contributed by atoms with E-state index in [-0.39, 0.29) is 29.6 Å². The number of hydrogen-bond donors (Lipinski definition) is 0. The van der Waals surface area contributed by atoms with Crippen LogP contribution in [0.25, 0.3) is 0 Å². The van der Waals surface area contributed by atoms with E-state index in [0.717, 1.165) is 18.4 Å². The summed E-state index contributed by atoms with van der Waals surface area (Å²) in [4.78, 5) is 42.7. The van der Waals surface area contributed by atoms with E-state index in [9.17, 15) is 14.4 Å². The van der Waals surface area contributed by atoms with Crippen LogP contribution < -0.4 is 0 Å². The Hall–Kier alpha value is -2.37. The van der Waals surface area contributed by atoms with Crippen molar-refractivity contribution in [2.75, 3.05) is 32.7 Å². The van der Waals surface area contributed by atoms with Crippen molar-refractivity contribution in [2.45, 2.75) is 25.8 Å². The quantitative estimate of drug-likeness (QED) is 0.813. The summed E-state index contributed by atoms with van der Waals surface area (Å²) in [5.74, 6) is 0.345. The number of amides is 3. The van der Waals surface area contributed by atoms with Crippen LogP contribution in [0.1, 0.15) is 24.8 Å². The molecule has 26 heavy (non-hydrogen) atoms. The van der Waals surface area contributed by atoms with Crippen LogP contribution in [0.15, 0.2) is 30.3 Å². The van der Waals surface area contributed by atoms with Gasteiger partial charge in [0.25, 0.3) is 0 Å². The number of nitrogens with zero attached hydrogens (tertiary/aromatic N) is 3. The summed E-state index contributed by atoms with van der Waals surface area (Å²) in [7, 11) is 0. The van der Waals surface area contributed by atoms with Crippen LogP contribution in [0.2, 0.25) is 0 Å². The molecule has 1 aromatic carbocycles. The fourth-order valence-electron chi connectivity index (χ4n) is 3.89. The third-order valence-corrected chi connectivity index (χ3v) is 5.61. The summed E-state index contributed by atoms with van der Waals surface area (Å²) >= 11 is 0. The molecule has 0 bridgehead atoms. The first-order valence-corrected chi connectivity index (χ1v) is 9.51. The number of carbonyl (C=O) groups excluding carboxylic acids is 3. The lowest BCUT2D eigenvalue weighted by atomic mass is 10.1. The first-order valence-electron chi connectivity index (χ1n) is 9.51. The molecule has 0 spiro atoms. The van der Waals surface area contributed by atoms with Gasteiger partial charge in [0, 0.05) is 51.6 Å². The normalized spacial score (nSPS) is 23.5. The van der Waals surface area contributed by atoms with Crippen molar-refractivity contribution in [2.24, 2.45) is 11.8 Å². The molecule has 4 rings (SSSR count). The van der Waals surface area contributed by atoms with Crippen molar-refractivity contribution in [3.8, 4) is 0 Å². The van der Waals surface area contributed by atoms with Crippen molar-refractivity contribution < 1.29 is 14.4 Å². The number of carbonyl (C=O) groups is 3. The molecule has 0 aromatic heterocycles. The summed E-state index contributed by atoms with van der Waals surface area (Å²) in [5.41, 5.74) is 1.08. The average molecular weight is 355 g/mol. The van der Waals surface area contributed by atoms with E-state index in [4.69, 9.17) is 0 Å². The molecule has 1 aromatic rings. The molecule has 2 heterocycles. The van der Waals surface area contributed by atoms with Crippen LogP contribution in [0.3, 0.4) is 0 Å². The summed E-state index contributed by atoms with van der Waals surface area (Å²) < 4.78 is 0. The van der Waals surface area contributed by atoms with Gasteiger partial charge in [0.2, 0.25) is 17.7 Å². The second-order valence-corrected chi connectivity index (χ2v) is 7.59. The number of likely N-dealkylation sites (tertiary alicyclic amines) is 1. The van der Waals surface area contributed by atoms with E-state index in [1.165, 1.54) is 0 Å². The molecule has 1 aliphatic carbocycles. The molecule has 2 saturated heterocycles. The highest BCUT2D eigenvalue weighted by atomic mass is 16.2. The van der Waals surface area contributed by atoms with Gasteiger partial charge in [0.05, 0.1) is 5.92 Å². The maximum Gasteiger partial charge on any atom is 0.228 e. The van der Waals surface area contributed by atoms with E-state index >= 15 is 0 Å². The molecule has 3 amide bonds. The predicted octanol–water partition coefficient (Wildman–Crippen LogP) is 1.12. The number of piperazine rings is 1. The van der Waals surface area contributed by atoms with Gasteiger partial charge in [-0.25, -0.2) is 0 Å². The lowest BCUT2D eigenvalue weighted by Gasteiger charge is -2.36. The first kappa shape index (κ1) is 17.1. The van der Waals surface area contributed by atoms with Crippen molar-refractivity contribution >= 4 is 17.7 Å². The van der Waals surface area contributed by atoms with E-state index in [2.05, 4.69) is 0 Å². The second kappa shape index (κ2) is 7.09. The molecule has 2 aliphatic heterocycles. The van der Waals surface area contributed by atoms with Gasteiger partial charge in [-0.3, -0.25) is 14.4 Å². The van der Waals surface area contributed by atoms with Gasteiger partial charge in [0.15, 0.2) is 0 Å². The fourth-order valence-corrected chi connectivity index (χ4v) is 3.89. The lowest BCUT2D eigenvalue weighted by molar-refractivity contribution is -0.142. The van der Waals surface area contributed by atoms with E-state index in [0.29, 0.717) is 45.7 Å². The molecule has 3 fully saturated rings. The Morgan fingerprint density at radius 1 is 0.885 bits per heavy atom. The molecule has 1 unspecified atom stereocenters. The third-order valence-electron chi connectivity index (χ3n) is 5.61. The number of rotatable bonds is 4. The summed E-state index contributed by atoms with van der Waals surface area (Å²) in [6.07, 6.45) is 2.33. The number of hydrogen-bond acceptors (Lipinski definition) is 3. The molecule has 0 N–H and O–H groups in total. The highest BCUT2D eigenvalue weighted by Gasteiger charge is 2.39. The topological polar surface area (TPSA) is 60.9 Å². The minimum absolute atomic E-state index is 0.0507. The molecule has 138 valence electrons. The minimum Gasteiger partial charge on any atom is -0.339 e. The maximum absolute atomic E-state index is 12.8. The Morgan fingerprint density at radius 2 is 1.46 bits per heavy atom. The maximum atomic E-state index is 12.8. The second-order valence-electron chi connectivity index (χ2n) is 7.59. The van der Waals surface area contributed by atoms with Gasteiger partial charge >= 0.3 is 0 Å². The lowest BCUT2D eigenvalue weighted by Crippen LogP contribution is -2.52. The van der Waals surface area contributed by atoms with E-state index < -0.39 is 0 Å². The van der Waals surface area contributed by atoms with Crippen LogP contribution in [-0.4, -0.2) is 65.1 Å². The Balaban J connectivity index is 1.30. The Labute approximate surface area is 153 Å². The van der Waals surface area contributed by atoms with Gasteiger partial charge in [-0.05, 0) is 18.4 Å². The Bertz CT molecular complexity index is 694. The van der Waals surface area contributed by atoms with Crippen LogP contribution in [0, 0.1) is 11.8 Å². The molecule has 0 radical (unpaired) electrons. The van der Waals surface area contributed by atoms with Gasteiger partial charge in [-0.1, -0.05) is 30.3 Å². The smallest absolute Gasteiger partial charge is 0.228 e. The average Bonchev–Trinajstić information content (AvgIpc) is 3.46. The van der Waals surface area contributed by atoms with Crippen molar-refractivity contribution in [1.82, 2.24) is 14.7 Å². The van der Waals surface area contributed by atoms with Gasteiger partial charge in [-0.2, -0.15) is 0 Å². The molecule has 1 atom stereocenters. The van der Waals surface area contributed by atoms with Crippen LogP contribution in [0.5, 0.6) is 0 Å². The zero-order chi connectivity index (χ0) is 18.1. The Morgan fingerprint density at radius 3 is 2.04 bits per heavy atom. The SMILES string of the molecule is O=C1CC(C(=O)N2CCN(C(=O)C3CC3)CC2)CN1Cc1ccccc1. The van der Waals surface area contributed by atoms with Gasteiger partial charge in [-0.15, -0.1) is 0 Å². The molecule has 6 heteroatoms.